The van der Waals surface area contributed by atoms with E-state index < -0.39 is 23.4 Å². The van der Waals surface area contributed by atoms with Gasteiger partial charge < -0.3 is 14.4 Å². The van der Waals surface area contributed by atoms with Gasteiger partial charge in [-0.25, -0.2) is 8.78 Å². The maximum atomic E-state index is 14.5. The molecule has 1 fully saturated rings. The second-order valence-corrected chi connectivity index (χ2v) is 13.7. The van der Waals surface area contributed by atoms with E-state index in [-0.39, 0.29) is 35.2 Å². The van der Waals surface area contributed by atoms with E-state index in [1.165, 1.54) is 42.1 Å². The van der Waals surface area contributed by atoms with E-state index in [0.29, 0.717) is 35.5 Å². The van der Waals surface area contributed by atoms with Crippen LogP contribution in [0.3, 0.4) is 0 Å². The Kier molecular flexibility index (Phi) is 10.6. The molecule has 4 aromatic rings. The van der Waals surface area contributed by atoms with Crippen molar-refractivity contribution in [2.24, 2.45) is 0 Å². The summed E-state index contributed by atoms with van der Waals surface area (Å²) in [4.78, 5) is 31.7. The highest BCUT2D eigenvalue weighted by Gasteiger charge is 2.31. The zero-order valence-corrected chi connectivity index (χ0v) is 28.1. The quantitative estimate of drug-likeness (QED) is 0.124. The predicted octanol–water partition coefficient (Wildman–Crippen LogP) is 8.11. The first-order valence-electron chi connectivity index (χ1n) is 16.6. The number of hydrogen-bond acceptors (Lipinski definition) is 4. The summed E-state index contributed by atoms with van der Waals surface area (Å²) in [5, 5.41) is 0.546. The second kappa shape index (κ2) is 14.9. The predicted molar refractivity (Wildman–Crippen MR) is 181 cm³/mol. The van der Waals surface area contributed by atoms with E-state index in [4.69, 9.17) is 0 Å². The molecule has 2 aliphatic rings. The van der Waals surface area contributed by atoms with Gasteiger partial charge in [-0.3, -0.25) is 9.59 Å². The molecule has 1 aromatic heterocycles. The van der Waals surface area contributed by atoms with Gasteiger partial charge in [0, 0.05) is 54.3 Å². The summed E-state index contributed by atoms with van der Waals surface area (Å²) < 4.78 is 69.5. The minimum Gasteiger partial charge on any atom is -0.334 e. The average molecular weight is 696 g/mol. The molecule has 0 spiro atoms. The number of piperidine rings is 1. The summed E-state index contributed by atoms with van der Waals surface area (Å²) in [6.07, 6.45) is -0.690. The van der Waals surface area contributed by atoms with Crippen LogP contribution in [-0.4, -0.2) is 46.0 Å². The van der Waals surface area contributed by atoms with Gasteiger partial charge in [0.2, 0.25) is 5.91 Å². The van der Waals surface area contributed by atoms with E-state index in [9.17, 15) is 31.5 Å². The number of nitrogens with zero attached hydrogens (tertiary/aromatic N) is 3. The average Bonchev–Trinajstić information content (AvgIpc) is 3.60. The molecule has 0 atom stereocenters. The van der Waals surface area contributed by atoms with E-state index in [1.807, 2.05) is 33.7 Å². The third-order valence-electron chi connectivity index (χ3n) is 9.65. The summed E-state index contributed by atoms with van der Waals surface area (Å²) in [7, 11) is 0. The number of alkyl halides is 3. The first-order chi connectivity index (χ1) is 23.5. The SMILES string of the molecule is CCN1CCC(N(Cc2ccc(-c3ccc(C(F)(F)F)cc3)cc2)C(=O)Cn2c(SCc3cccc(F)c3F)cc(=O)c3c2CCC3)CC1. The fourth-order valence-corrected chi connectivity index (χ4v) is 7.90. The number of carbonyl (C=O) groups excluding carboxylic acids is 1. The number of thioether (sulfide) groups is 1. The first kappa shape index (κ1) is 34.9. The molecule has 1 amide bonds. The molecule has 1 saturated heterocycles. The fraction of sp³-hybridized carbons (Fsp3) is 0.368. The lowest BCUT2D eigenvalue weighted by atomic mass is 10.00. The summed E-state index contributed by atoms with van der Waals surface area (Å²) in [5.74, 6) is -1.86. The van der Waals surface area contributed by atoms with Gasteiger partial charge >= 0.3 is 6.18 Å². The lowest BCUT2D eigenvalue weighted by Gasteiger charge is -2.38. The largest absolute Gasteiger partial charge is 0.416 e. The van der Waals surface area contributed by atoms with Crippen LogP contribution in [0.15, 0.2) is 82.6 Å². The molecule has 0 radical (unpaired) electrons. The molecule has 2 heterocycles. The van der Waals surface area contributed by atoms with Gasteiger partial charge in [-0.05, 0) is 73.5 Å². The van der Waals surface area contributed by atoms with Gasteiger partial charge in [-0.15, -0.1) is 11.8 Å². The van der Waals surface area contributed by atoms with Gasteiger partial charge in [-0.2, -0.15) is 13.2 Å². The first-order valence-corrected chi connectivity index (χ1v) is 17.6. The van der Waals surface area contributed by atoms with E-state index in [0.717, 1.165) is 73.9 Å². The van der Waals surface area contributed by atoms with Crippen LogP contribution in [0.25, 0.3) is 11.1 Å². The van der Waals surface area contributed by atoms with Gasteiger partial charge in [0.1, 0.15) is 6.54 Å². The maximum absolute atomic E-state index is 14.5. The summed E-state index contributed by atoms with van der Waals surface area (Å²) >= 11 is 1.22. The Bertz CT molecular complexity index is 1850. The molecule has 0 bridgehead atoms. The summed E-state index contributed by atoms with van der Waals surface area (Å²) in [6, 6.07) is 18.1. The number of likely N-dealkylation sites (tertiary alicyclic amines) is 1. The smallest absolute Gasteiger partial charge is 0.334 e. The number of benzene rings is 3. The highest BCUT2D eigenvalue weighted by atomic mass is 32.2. The Morgan fingerprint density at radius 3 is 2.27 bits per heavy atom. The third kappa shape index (κ3) is 7.94. The van der Waals surface area contributed by atoms with Crippen molar-refractivity contribution >= 4 is 17.7 Å². The molecule has 0 saturated carbocycles. The van der Waals surface area contributed by atoms with Gasteiger partial charge in [-0.1, -0.05) is 55.5 Å². The Morgan fingerprint density at radius 2 is 1.61 bits per heavy atom. The molecule has 11 heteroatoms. The summed E-state index contributed by atoms with van der Waals surface area (Å²) in [5.41, 5.74) is 3.23. The highest BCUT2D eigenvalue weighted by molar-refractivity contribution is 7.98. The number of hydrogen-bond donors (Lipinski definition) is 0. The standard InChI is InChI=1S/C38H38F5N3O2S/c1-2-44-19-17-30(18-20-44)45(22-25-9-11-26(12-10-25)27-13-15-29(16-14-27)38(41,42)43)35(48)23-46-33-8-4-6-31(33)34(47)21-36(46)49-24-28-5-3-7-32(39)37(28)40/h3,5,7,9-16,21,30H,2,4,6,8,17-20,22-24H2,1H3. The van der Waals surface area contributed by atoms with Crippen LogP contribution in [0.5, 0.6) is 0 Å². The molecular formula is C38H38F5N3O2S. The van der Waals surface area contributed by atoms with Crippen LogP contribution in [0.1, 0.15) is 54.1 Å². The van der Waals surface area contributed by atoms with Crippen LogP contribution in [0.2, 0.25) is 0 Å². The van der Waals surface area contributed by atoms with Crippen LogP contribution in [0.4, 0.5) is 22.0 Å². The maximum Gasteiger partial charge on any atom is 0.416 e. The van der Waals surface area contributed by atoms with Crippen molar-refractivity contribution in [2.75, 3.05) is 19.6 Å². The number of halogens is 5. The lowest BCUT2D eigenvalue weighted by Crippen LogP contribution is -2.48. The molecule has 1 aliphatic carbocycles. The van der Waals surface area contributed by atoms with Crippen LogP contribution >= 0.6 is 11.8 Å². The Balaban J connectivity index is 1.26. The molecule has 49 heavy (non-hydrogen) atoms. The number of rotatable bonds is 10. The van der Waals surface area contributed by atoms with Crippen molar-refractivity contribution in [2.45, 2.75) is 75.1 Å². The minimum atomic E-state index is -4.40. The van der Waals surface area contributed by atoms with E-state index in [1.54, 1.807) is 0 Å². The molecule has 1 aliphatic heterocycles. The molecule has 0 unspecified atom stereocenters. The zero-order valence-electron chi connectivity index (χ0n) is 27.2. The number of aromatic nitrogens is 1. The molecule has 6 rings (SSSR count). The fourth-order valence-electron chi connectivity index (χ4n) is 6.85. The van der Waals surface area contributed by atoms with E-state index >= 15 is 0 Å². The summed E-state index contributed by atoms with van der Waals surface area (Å²) in [6.45, 7) is 5.14. The van der Waals surface area contributed by atoms with Crippen LogP contribution in [0, 0.1) is 11.6 Å². The second-order valence-electron chi connectivity index (χ2n) is 12.7. The van der Waals surface area contributed by atoms with E-state index in [2.05, 4.69) is 11.8 Å². The molecular weight excluding hydrogens is 657 g/mol. The zero-order chi connectivity index (χ0) is 34.7. The molecule has 0 N–H and O–H groups in total. The van der Waals surface area contributed by atoms with Crippen LogP contribution < -0.4 is 5.43 Å². The Hall–Kier alpha value is -3.96. The Morgan fingerprint density at radius 1 is 0.939 bits per heavy atom. The van der Waals surface area contributed by atoms with Gasteiger partial charge in [0.15, 0.2) is 17.1 Å². The highest BCUT2D eigenvalue weighted by Crippen LogP contribution is 2.32. The minimum absolute atomic E-state index is 0.00480. The van der Waals surface area contributed by atoms with Crippen molar-refractivity contribution in [3.05, 3.63) is 123 Å². The van der Waals surface area contributed by atoms with Crippen molar-refractivity contribution in [3.63, 3.8) is 0 Å². The number of fused-ring (bicyclic) bond motifs is 1. The lowest BCUT2D eigenvalue weighted by molar-refractivity contribution is -0.138. The number of carbonyl (C=O) groups is 1. The van der Waals surface area contributed by atoms with Crippen molar-refractivity contribution in [3.8, 4) is 11.1 Å². The van der Waals surface area contributed by atoms with Gasteiger partial charge in [0.05, 0.1) is 10.6 Å². The van der Waals surface area contributed by atoms with Crippen molar-refractivity contribution < 1.29 is 26.7 Å². The van der Waals surface area contributed by atoms with Gasteiger partial charge in [0.25, 0.3) is 0 Å². The molecule has 3 aromatic carbocycles. The monoisotopic (exact) mass is 695 g/mol. The van der Waals surface area contributed by atoms with Crippen LogP contribution in [-0.2, 0) is 42.7 Å². The Labute approximate surface area is 286 Å². The molecule has 5 nitrogen and oxygen atoms in total. The number of amides is 1. The normalized spacial score (nSPS) is 15.4. The third-order valence-corrected chi connectivity index (χ3v) is 10.7. The molecule has 258 valence electrons. The topological polar surface area (TPSA) is 45.5 Å². The van der Waals surface area contributed by atoms with Crippen molar-refractivity contribution in [1.29, 1.82) is 0 Å². The van der Waals surface area contributed by atoms with Crippen molar-refractivity contribution in [1.82, 2.24) is 14.4 Å². The number of pyridine rings is 1.